The molecule has 0 aliphatic heterocycles. The summed E-state index contributed by atoms with van der Waals surface area (Å²) in [5, 5.41) is -0.200. The van der Waals surface area contributed by atoms with E-state index in [1.54, 1.807) is 0 Å². The minimum absolute atomic E-state index is 0.0197. The fourth-order valence-electron chi connectivity index (χ4n) is 2.17. The van der Waals surface area contributed by atoms with E-state index < -0.39 is 15.8 Å². The Hall–Kier alpha value is -0.690. The van der Waals surface area contributed by atoms with Crippen molar-refractivity contribution in [2.24, 2.45) is 5.73 Å². The number of nitrogens with one attached hydrogen (secondary N) is 1. The standard InChI is InChI=1S/C12H16ClFN2O2S/c13-11-7-10(5-6-12(11)14)19(17,18)16-9-3-1-8(15)2-4-9/h5-9,16H,1-4,15H2. The normalized spacial score (nSPS) is 24.4. The fourth-order valence-corrected chi connectivity index (χ4v) is 3.74. The number of halogens is 2. The average Bonchev–Trinajstić information content (AvgIpc) is 2.35. The van der Waals surface area contributed by atoms with Crippen LogP contribution in [0.3, 0.4) is 0 Å². The summed E-state index contributed by atoms with van der Waals surface area (Å²) in [5.74, 6) is -0.635. The Bertz CT molecular complexity index is 557. The number of hydrogen-bond acceptors (Lipinski definition) is 3. The first kappa shape index (κ1) is 14.7. The molecular formula is C12H16ClFN2O2S. The van der Waals surface area contributed by atoms with Gasteiger partial charge >= 0.3 is 0 Å². The van der Waals surface area contributed by atoms with Gasteiger partial charge < -0.3 is 5.73 Å². The molecule has 3 N–H and O–H groups in total. The van der Waals surface area contributed by atoms with Crippen LogP contribution in [0.2, 0.25) is 5.02 Å². The average molecular weight is 307 g/mol. The third kappa shape index (κ3) is 3.66. The van der Waals surface area contributed by atoms with Gasteiger partial charge in [-0.25, -0.2) is 17.5 Å². The van der Waals surface area contributed by atoms with E-state index in [9.17, 15) is 12.8 Å². The summed E-state index contributed by atoms with van der Waals surface area (Å²) in [5.41, 5.74) is 5.77. The van der Waals surface area contributed by atoms with Gasteiger partial charge in [-0.3, -0.25) is 0 Å². The lowest BCUT2D eigenvalue weighted by atomic mass is 9.93. The van der Waals surface area contributed by atoms with E-state index in [-0.39, 0.29) is 22.0 Å². The Morgan fingerprint density at radius 1 is 1.26 bits per heavy atom. The second-order valence-electron chi connectivity index (χ2n) is 4.81. The minimum Gasteiger partial charge on any atom is -0.328 e. The van der Waals surface area contributed by atoms with Crippen molar-refractivity contribution in [3.63, 3.8) is 0 Å². The molecule has 1 aromatic rings. The maximum atomic E-state index is 13.0. The monoisotopic (exact) mass is 306 g/mol. The first-order valence-corrected chi connectivity index (χ1v) is 7.97. The molecule has 0 radical (unpaired) electrons. The third-order valence-corrected chi connectivity index (χ3v) is 5.10. The van der Waals surface area contributed by atoms with E-state index in [2.05, 4.69) is 4.72 Å². The molecule has 1 aromatic carbocycles. The Morgan fingerprint density at radius 2 is 1.89 bits per heavy atom. The van der Waals surface area contributed by atoms with Gasteiger partial charge in [0.1, 0.15) is 5.82 Å². The highest BCUT2D eigenvalue weighted by atomic mass is 35.5. The van der Waals surface area contributed by atoms with Crippen LogP contribution < -0.4 is 10.5 Å². The van der Waals surface area contributed by atoms with E-state index in [1.807, 2.05) is 0 Å². The Balaban J connectivity index is 2.11. The van der Waals surface area contributed by atoms with Gasteiger partial charge in [-0.2, -0.15) is 0 Å². The summed E-state index contributed by atoms with van der Waals surface area (Å²) in [6.07, 6.45) is 3.04. The van der Waals surface area contributed by atoms with Crippen molar-refractivity contribution in [1.29, 1.82) is 0 Å². The lowest BCUT2D eigenvalue weighted by Crippen LogP contribution is -2.40. The minimum atomic E-state index is -3.66. The Labute approximate surface area is 117 Å². The third-order valence-electron chi connectivity index (χ3n) is 3.30. The van der Waals surface area contributed by atoms with Crippen molar-refractivity contribution >= 4 is 21.6 Å². The molecule has 1 saturated carbocycles. The molecule has 0 saturated heterocycles. The summed E-state index contributed by atoms with van der Waals surface area (Å²) >= 11 is 5.60. The van der Waals surface area contributed by atoms with Gasteiger partial charge in [-0.05, 0) is 43.9 Å². The van der Waals surface area contributed by atoms with Crippen molar-refractivity contribution in [3.8, 4) is 0 Å². The first-order valence-electron chi connectivity index (χ1n) is 6.11. The van der Waals surface area contributed by atoms with Gasteiger partial charge in [0.05, 0.1) is 9.92 Å². The molecule has 2 rings (SSSR count). The van der Waals surface area contributed by atoms with E-state index >= 15 is 0 Å². The summed E-state index contributed by atoms with van der Waals surface area (Å²) < 4.78 is 39.9. The number of nitrogens with two attached hydrogens (primary N) is 1. The molecular weight excluding hydrogens is 291 g/mol. The molecule has 0 bridgehead atoms. The highest BCUT2D eigenvalue weighted by molar-refractivity contribution is 7.89. The first-order chi connectivity index (χ1) is 8.88. The van der Waals surface area contributed by atoms with Gasteiger partial charge in [-0.1, -0.05) is 11.6 Å². The zero-order chi connectivity index (χ0) is 14.0. The second-order valence-corrected chi connectivity index (χ2v) is 6.93. The summed E-state index contributed by atoms with van der Waals surface area (Å²) in [7, 11) is -3.66. The Kier molecular flexibility index (Phi) is 4.45. The van der Waals surface area contributed by atoms with Crippen LogP contribution in [0.4, 0.5) is 4.39 Å². The lowest BCUT2D eigenvalue weighted by Gasteiger charge is -2.26. The molecule has 1 fully saturated rings. The van der Waals surface area contributed by atoms with E-state index in [0.29, 0.717) is 0 Å². The SMILES string of the molecule is NC1CCC(NS(=O)(=O)c2ccc(F)c(Cl)c2)CC1. The molecule has 0 amide bonds. The zero-order valence-corrected chi connectivity index (χ0v) is 11.8. The molecule has 1 aliphatic rings. The zero-order valence-electron chi connectivity index (χ0n) is 10.3. The van der Waals surface area contributed by atoms with E-state index in [0.717, 1.165) is 37.8 Å². The summed E-state index contributed by atoms with van der Waals surface area (Å²) in [6.45, 7) is 0. The van der Waals surface area contributed by atoms with E-state index in [1.165, 1.54) is 6.07 Å². The molecule has 4 nitrogen and oxygen atoms in total. The van der Waals surface area contributed by atoms with Crippen LogP contribution in [0.15, 0.2) is 23.1 Å². The van der Waals surface area contributed by atoms with Crippen LogP contribution in [0.5, 0.6) is 0 Å². The van der Waals surface area contributed by atoms with Gasteiger partial charge in [0, 0.05) is 12.1 Å². The molecule has 0 heterocycles. The van der Waals surface area contributed by atoms with Crippen LogP contribution >= 0.6 is 11.6 Å². The number of sulfonamides is 1. The number of hydrogen-bond donors (Lipinski definition) is 2. The van der Waals surface area contributed by atoms with Gasteiger partial charge in [0.2, 0.25) is 10.0 Å². The predicted octanol–water partition coefficient (Wildman–Crippen LogP) is 2.03. The van der Waals surface area contributed by atoms with Gasteiger partial charge in [0.15, 0.2) is 0 Å². The topological polar surface area (TPSA) is 72.2 Å². The van der Waals surface area contributed by atoms with Crippen LogP contribution in [-0.4, -0.2) is 20.5 Å². The number of benzene rings is 1. The molecule has 1 aliphatic carbocycles. The Morgan fingerprint density at radius 3 is 2.47 bits per heavy atom. The smallest absolute Gasteiger partial charge is 0.240 e. The van der Waals surface area contributed by atoms with Crippen LogP contribution in [0, 0.1) is 5.82 Å². The molecule has 106 valence electrons. The largest absolute Gasteiger partial charge is 0.328 e. The van der Waals surface area contributed by atoms with Crippen molar-refractivity contribution in [3.05, 3.63) is 29.0 Å². The van der Waals surface area contributed by atoms with Crippen LogP contribution in [-0.2, 0) is 10.0 Å². The molecule has 0 unspecified atom stereocenters. The second kappa shape index (κ2) is 5.75. The number of rotatable bonds is 3. The molecule has 0 spiro atoms. The van der Waals surface area contributed by atoms with Gasteiger partial charge in [-0.15, -0.1) is 0 Å². The van der Waals surface area contributed by atoms with Crippen molar-refractivity contribution in [2.75, 3.05) is 0 Å². The molecule has 19 heavy (non-hydrogen) atoms. The van der Waals surface area contributed by atoms with Crippen molar-refractivity contribution < 1.29 is 12.8 Å². The summed E-state index contributed by atoms with van der Waals surface area (Å²) in [6, 6.07) is 3.41. The van der Waals surface area contributed by atoms with E-state index in [4.69, 9.17) is 17.3 Å². The lowest BCUT2D eigenvalue weighted by molar-refractivity contribution is 0.373. The van der Waals surface area contributed by atoms with Crippen LogP contribution in [0.1, 0.15) is 25.7 Å². The molecule has 7 heteroatoms. The van der Waals surface area contributed by atoms with Gasteiger partial charge in [0.25, 0.3) is 0 Å². The highest BCUT2D eigenvalue weighted by Crippen LogP contribution is 2.22. The fraction of sp³-hybridized carbons (Fsp3) is 0.500. The molecule has 0 atom stereocenters. The maximum absolute atomic E-state index is 13.0. The van der Waals surface area contributed by atoms with Crippen molar-refractivity contribution in [2.45, 2.75) is 42.7 Å². The maximum Gasteiger partial charge on any atom is 0.240 e. The van der Waals surface area contributed by atoms with Crippen LogP contribution in [0.25, 0.3) is 0 Å². The molecule has 0 aromatic heterocycles. The summed E-state index contributed by atoms with van der Waals surface area (Å²) in [4.78, 5) is -0.0197. The van der Waals surface area contributed by atoms with Crippen molar-refractivity contribution in [1.82, 2.24) is 4.72 Å². The highest BCUT2D eigenvalue weighted by Gasteiger charge is 2.24. The quantitative estimate of drug-likeness (QED) is 0.897. The predicted molar refractivity (Wildman–Crippen MR) is 72.0 cm³/mol.